The largest absolute Gasteiger partial charge is 0.465 e. The lowest BCUT2D eigenvalue weighted by molar-refractivity contribution is -0.163. The zero-order chi connectivity index (χ0) is 15.8. The van der Waals surface area contributed by atoms with Gasteiger partial charge in [0.2, 0.25) is 5.92 Å². The lowest BCUT2D eigenvalue weighted by Gasteiger charge is -2.13. The number of carbonyl (C=O) groups is 3. The molecule has 114 valence electrons. The van der Waals surface area contributed by atoms with Crippen molar-refractivity contribution in [1.82, 2.24) is 0 Å². The van der Waals surface area contributed by atoms with E-state index in [9.17, 15) is 14.4 Å². The molecule has 5 nitrogen and oxygen atoms in total. The molecule has 1 aromatic rings. The number of halogens is 1. The second-order valence-electron chi connectivity index (χ2n) is 4.21. The van der Waals surface area contributed by atoms with E-state index in [1.165, 1.54) is 0 Å². The predicted octanol–water partition coefficient (Wildman–Crippen LogP) is 2.19. The summed E-state index contributed by atoms with van der Waals surface area (Å²) in [5, 5.41) is 0.476. The second-order valence-corrected chi connectivity index (χ2v) is 4.65. The highest BCUT2D eigenvalue weighted by Gasteiger charge is 2.36. The first-order valence-corrected chi connectivity index (χ1v) is 6.97. The van der Waals surface area contributed by atoms with Crippen LogP contribution in [0.4, 0.5) is 0 Å². The van der Waals surface area contributed by atoms with Crippen LogP contribution >= 0.6 is 11.6 Å². The standard InChI is InChI=1S/C15H17ClO5/c1-3-20-14(18)13(15(19)21-4-2)12(17)9-10-6-5-7-11(16)8-10/h5-8,13H,3-4,9H2,1-2H3. The van der Waals surface area contributed by atoms with Crippen LogP contribution in [-0.4, -0.2) is 30.9 Å². The number of hydrogen-bond acceptors (Lipinski definition) is 5. The van der Waals surface area contributed by atoms with Crippen molar-refractivity contribution in [2.45, 2.75) is 20.3 Å². The number of Topliss-reactive ketones (excluding diaryl/α,β-unsaturated/α-hetero) is 1. The van der Waals surface area contributed by atoms with Gasteiger partial charge in [0.15, 0.2) is 5.78 Å². The fourth-order valence-electron chi connectivity index (χ4n) is 1.76. The molecule has 0 aromatic heterocycles. The predicted molar refractivity (Wildman–Crippen MR) is 76.9 cm³/mol. The minimum atomic E-state index is -1.55. The quantitative estimate of drug-likeness (QED) is 0.570. The lowest BCUT2D eigenvalue weighted by atomic mass is 9.98. The molecular weight excluding hydrogens is 296 g/mol. The van der Waals surface area contributed by atoms with Crippen molar-refractivity contribution in [1.29, 1.82) is 0 Å². The maximum atomic E-state index is 12.2. The minimum Gasteiger partial charge on any atom is -0.465 e. The van der Waals surface area contributed by atoms with Crippen molar-refractivity contribution in [3.63, 3.8) is 0 Å². The van der Waals surface area contributed by atoms with Gasteiger partial charge in [-0.3, -0.25) is 14.4 Å². The first-order chi connectivity index (χ1) is 9.99. The molecular formula is C15H17ClO5. The maximum absolute atomic E-state index is 12.2. The van der Waals surface area contributed by atoms with Gasteiger partial charge in [-0.15, -0.1) is 0 Å². The molecule has 0 spiro atoms. The van der Waals surface area contributed by atoms with Crippen LogP contribution in [0.3, 0.4) is 0 Å². The molecule has 1 rings (SSSR count). The van der Waals surface area contributed by atoms with Gasteiger partial charge in [0.05, 0.1) is 13.2 Å². The molecule has 0 saturated carbocycles. The van der Waals surface area contributed by atoms with Gasteiger partial charge in [-0.25, -0.2) is 0 Å². The Morgan fingerprint density at radius 1 is 1.10 bits per heavy atom. The topological polar surface area (TPSA) is 69.7 Å². The van der Waals surface area contributed by atoms with Crippen molar-refractivity contribution in [3.05, 3.63) is 34.9 Å². The van der Waals surface area contributed by atoms with Crippen molar-refractivity contribution in [2.75, 3.05) is 13.2 Å². The summed E-state index contributed by atoms with van der Waals surface area (Å²) >= 11 is 5.84. The van der Waals surface area contributed by atoms with E-state index in [4.69, 9.17) is 21.1 Å². The molecule has 0 unspecified atom stereocenters. The fourth-order valence-corrected chi connectivity index (χ4v) is 1.97. The first-order valence-electron chi connectivity index (χ1n) is 6.60. The molecule has 0 N–H and O–H groups in total. The Morgan fingerprint density at radius 2 is 1.67 bits per heavy atom. The lowest BCUT2D eigenvalue weighted by Crippen LogP contribution is -2.35. The van der Waals surface area contributed by atoms with Crippen molar-refractivity contribution in [2.24, 2.45) is 5.92 Å². The molecule has 1 aromatic carbocycles. The average molecular weight is 313 g/mol. The Morgan fingerprint density at radius 3 is 2.14 bits per heavy atom. The summed E-state index contributed by atoms with van der Waals surface area (Å²) in [6, 6.07) is 6.66. The van der Waals surface area contributed by atoms with Crippen LogP contribution < -0.4 is 0 Å². The summed E-state index contributed by atoms with van der Waals surface area (Å²) in [5.74, 6) is -3.90. The van der Waals surface area contributed by atoms with Gasteiger partial charge in [-0.1, -0.05) is 23.7 Å². The molecule has 0 amide bonds. The Kier molecular flexibility index (Phi) is 6.88. The summed E-state index contributed by atoms with van der Waals surface area (Å²) < 4.78 is 9.53. The molecule has 0 bridgehead atoms. The van der Waals surface area contributed by atoms with Crippen LogP contribution in [0, 0.1) is 5.92 Å². The van der Waals surface area contributed by atoms with Crippen LogP contribution in [0.1, 0.15) is 19.4 Å². The SMILES string of the molecule is CCOC(=O)C(C(=O)Cc1cccc(Cl)c1)C(=O)OCC. The van der Waals surface area contributed by atoms with Crippen molar-refractivity contribution < 1.29 is 23.9 Å². The van der Waals surface area contributed by atoms with E-state index in [2.05, 4.69) is 0 Å². The van der Waals surface area contributed by atoms with Gasteiger partial charge in [0.1, 0.15) is 0 Å². The van der Waals surface area contributed by atoms with Gasteiger partial charge >= 0.3 is 11.9 Å². The third-order valence-electron chi connectivity index (χ3n) is 2.63. The zero-order valence-electron chi connectivity index (χ0n) is 11.9. The van der Waals surface area contributed by atoms with Crippen molar-refractivity contribution >= 4 is 29.3 Å². The molecule has 0 radical (unpaired) electrons. The van der Waals surface area contributed by atoms with Gasteiger partial charge in [0, 0.05) is 11.4 Å². The van der Waals surface area contributed by atoms with Crippen molar-refractivity contribution in [3.8, 4) is 0 Å². The molecule has 0 fully saturated rings. The van der Waals surface area contributed by atoms with Crippen LogP contribution in [0.25, 0.3) is 0 Å². The average Bonchev–Trinajstić information content (AvgIpc) is 2.39. The van der Waals surface area contributed by atoms with Crippen LogP contribution in [0.2, 0.25) is 5.02 Å². The Balaban J connectivity index is 2.89. The second kappa shape index (κ2) is 8.42. The van der Waals surface area contributed by atoms with E-state index in [1.807, 2.05) is 0 Å². The number of carbonyl (C=O) groups excluding carboxylic acids is 3. The molecule has 21 heavy (non-hydrogen) atoms. The zero-order valence-corrected chi connectivity index (χ0v) is 12.7. The maximum Gasteiger partial charge on any atom is 0.328 e. The number of ketones is 1. The van der Waals surface area contributed by atoms with E-state index in [1.54, 1.807) is 38.1 Å². The van der Waals surface area contributed by atoms with E-state index in [0.717, 1.165) is 0 Å². The summed E-state index contributed by atoms with van der Waals surface area (Å²) in [7, 11) is 0. The summed E-state index contributed by atoms with van der Waals surface area (Å²) in [6.45, 7) is 3.36. The van der Waals surface area contributed by atoms with E-state index in [0.29, 0.717) is 10.6 Å². The number of esters is 2. The summed E-state index contributed by atoms with van der Waals surface area (Å²) in [6.07, 6.45) is -0.0944. The van der Waals surface area contributed by atoms with Gasteiger partial charge in [-0.05, 0) is 31.5 Å². The van der Waals surface area contributed by atoms with E-state index >= 15 is 0 Å². The third kappa shape index (κ3) is 5.19. The number of ether oxygens (including phenoxy) is 2. The first kappa shape index (κ1) is 17.2. The summed E-state index contributed by atoms with van der Waals surface area (Å²) in [4.78, 5) is 35.8. The van der Waals surface area contributed by atoms with Gasteiger partial charge < -0.3 is 9.47 Å². The van der Waals surface area contributed by atoms with Crippen LogP contribution in [0.5, 0.6) is 0 Å². The van der Waals surface area contributed by atoms with Crippen LogP contribution in [0.15, 0.2) is 24.3 Å². The Labute approximate surface area is 128 Å². The van der Waals surface area contributed by atoms with Gasteiger partial charge in [0.25, 0.3) is 0 Å². The number of hydrogen-bond donors (Lipinski definition) is 0. The van der Waals surface area contributed by atoms with E-state index < -0.39 is 23.6 Å². The minimum absolute atomic E-state index is 0.0825. The molecule has 0 heterocycles. The van der Waals surface area contributed by atoms with E-state index in [-0.39, 0.29) is 19.6 Å². The highest BCUT2D eigenvalue weighted by atomic mass is 35.5. The monoisotopic (exact) mass is 312 g/mol. The fraction of sp³-hybridized carbons (Fsp3) is 0.400. The normalized spacial score (nSPS) is 10.3. The molecule has 0 aliphatic rings. The highest BCUT2D eigenvalue weighted by molar-refractivity contribution is 6.30. The molecule has 0 aliphatic carbocycles. The highest BCUT2D eigenvalue weighted by Crippen LogP contribution is 2.15. The molecule has 0 atom stereocenters. The number of benzene rings is 1. The molecule has 0 aliphatic heterocycles. The van der Waals surface area contributed by atoms with Gasteiger partial charge in [-0.2, -0.15) is 0 Å². The third-order valence-corrected chi connectivity index (χ3v) is 2.87. The summed E-state index contributed by atoms with van der Waals surface area (Å²) in [5.41, 5.74) is 0.617. The molecule has 6 heteroatoms. The molecule has 0 saturated heterocycles. The Bertz CT molecular complexity index is 509. The Hall–Kier alpha value is -1.88. The smallest absolute Gasteiger partial charge is 0.328 e. The van der Waals surface area contributed by atoms with Crippen LogP contribution in [-0.2, 0) is 30.3 Å². The number of rotatable bonds is 7.